The summed E-state index contributed by atoms with van der Waals surface area (Å²) in [6.45, 7) is 10.1. The predicted molar refractivity (Wildman–Crippen MR) is 82.5 cm³/mol. The topological polar surface area (TPSA) is 24.9 Å². The minimum absolute atomic E-state index is 0.169. The van der Waals surface area contributed by atoms with E-state index >= 15 is 0 Å². The SMILES string of the molecule is CC(C)NCCC(C)(C)c1cccc2cnccc12. The number of hydrogen-bond acceptors (Lipinski definition) is 2. The van der Waals surface area contributed by atoms with E-state index < -0.39 is 0 Å². The summed E-state index contributed by atoms with van der Waals surface area (Å²) >= 11 is 0. The fourth-order valence-electron chi connectivity index (χ4n) is 2.52. The Hall–Kier alpha value is -1.41. The van der Waals surface area contributed by atoms with E-state index in [-0.39, 0.29) is 5.41 Å². The quantitative estimate of drug-likeness (QED) is 0.877. The van der Waals surface area contributed by atoms with E-state index in [1.54, 1.807) is 0 Å². The molecule has 0 unspecified atom stereocenters. The molecule has 19 heavy (non-hydrogen) atoms. The molecule has 1 aromatic heterocycles. The van der Waals surface area contributed by atoms with Crippen LogP contribution < -0.4 is 5.32 Å². The molecule has 0 saturated heterocycles. The number of pyridine rings is 1. The molecule has 2 aromatic rings. The van der Waals surface area contributed by atoms with E-state index in [1.807, 2.05) is 12.4 Å². The van der Waals surface area contributed by atoms with Crippen molar-refractivity contribution in [1.82, 2.24) is 10.3 Å². The molecule has 1 heterocycles. The molecule has 0 aliphatic carbocycles. The summed E-state index contributed by atoms with van der Waals surface area (Å²) in [7, 11) is 0. The lowest BCUT2D eigenvalue weighted by molar-refractivity contribution is 0.444. The van der Waals surface area contributed by atoms with Gasteiger partial charge in [-0.05, 0) is 35.4 Å². The van der Waals surface area contributed by atoms with Crippen LogP contribution >= 0.6 is 0 Å². The van der Waals surface area contributed by atoms with Gasteiger partial charge in [-0.2, -0.15) is 0 Å². The molecule has 0 atom stereocenters. The van der Waals surface area contributed by atoms with Crippen molar-refractivity contribution in [2.75, 3.05) is 6.54 Å². The monoisotopic (exact) mass is 256 g/mol. The van der Waals surface area contributed by atoms with Gasteiger partial charge in [-0.15, -0.1) is 0 Å². The van der Waals surface area contributed by atoms with Crippen LogP contribution in [0, 0.1) is 0 Å². The van der Waals surface area contributed by atoms with E-state index in [4.69, 9.17) is 0 Å². The van der Waals surface area contributed by atoms with E-state index in [0.29, 0.717) is 6.04 Å². The zero-order chi connectivity index (χ0) is 13.9. The highest BCUT2D eigenvalue weighted by Gasteiger charge is 2.22. The number of fused-ring (bicyclic) bond motifs is 1. The second kappa shape index (κ2) is 5.70. The highest BCUT2D eigenvalue weighted by Crippen LogP contribution is 2.32. The summed E-state index contributed by atoms with van der Waals surface area (Å²) in [5, 5.41) is 6.06. The van der Waals surface area contributed by atoms with E-state index in [2.05, 4.69) is 62.3 Å². The van der Waals surface area contributed by atoms with Crippen molar-refractivity contribution in [2.45, 2.75) is 45.6 Å². The zero-order valence-corrected chi connectivity index (χ0v) is 12.4. The lowest BCUT2D eigenvalue weighted by Gasteiger charge is -2.27. The average molecular weight is 256 g/mol. The minimum Gasteiger partial charge on any atom is -0.315 e. The van der Waals surface area contributed by atoms with Gasteiger partial charge < -0.3 is 5.32 Å². The van der Waals surface area contributed by atoms with Crippen LogP contribution in [-0.4, -0.2) is 17.6 Å². The van der Waals surface area contributed by atoms with Crippen molar-refractivity contribution < 1.29 is 0 Å². The van der Waals surface area contributed by atoms with Crippen molar-refractivity contribution in [2.24, 2.45) is 0 Å². The van der Waals surface area contributed by atoms with Crippen LogP contribution in [0.5, 0.6) is 0 Å². The number of nitrogens with zero attached hydrogens (tertiary/aromatic N) is 1. The van der Waals surface area contributed by atoms with Gasteiger partial charge in [-0.3, -0.25) is 4.98 Å². The van der Waals surface area contributed by atoms with Crippen LogP contribution in [0.2, 0.25) is 0 Å². The first kappa shape index (κ1) is 14.0. The molecule has 2 heteroatoms. The van der Waals surface area contributed by atoms with E-state index in [1.165, 1.54) is 16.3 Å². The third-order valence-corrected chi connectivity index (χ3v) is 3.71. The Bertz CT molecular complexity index is 538. The third-order valence-electron chi connectivity index (χ3n) is 3.71. The number of hydrogen-bond donors (Lipinski definition) is 1. The fraction of sp³-hybridized carbons (Fsp3) is 0.471. The van der Waals surface area contributed by atoms with E-state index in [9.17, 15) is 0 Å². The standard InChI is InChI=1S/C17H24N2/c1-13(2)19-11-9-17(3,4)16-7-5-6-14-12-18-10-8-15(14)16/h5-8,10,12-13,19H,9,11H2,1-4H3. The van der Waals surface area contributed by atoms with Crippen LogP contribution in [0.4, 0.5) is 0 Å². The molecule has 1 N–H and O–H groups in total. The molecule has 0 saturated carbocycles. The van der Waals surface area contributed by atoms with Crippen LogP contribution in [0.15, 0.2) is 36.7 Å². The van der Waals surface area contributed by atoms with Gasteiger partial charge in [0.05, 0.1) is 0 Å². The first-order valence-corrected chi connectivity index (χ1v) is 7.07. The Morgan fingerprint density at radius 2 is 2.00 bits per heavy atom. The molecular formula is C17H24N2. The van der Waals surface area contributed by atoms with Gasteiger partial charge in [0.25, 0.3) is 0 Å². The summed E-state index contributed by atoms with van der Waals surface area (Å²) in [6, 6.07) is 9.19. The summed E-state index contributed by atoms with van der Waals surface area (Å²) in [4.78, 5) is 4.21. The summed E-state index contributed by atoms with van der Waals surface area (Å²) in [6.07, 6.45) is 4.96. The normalized spacial score (nSPS) is 12.3. The summed E-state index contributed by atoms with van der Waals surface area (Å²) in [5.74, 6) is 0. The van der Waals surface area contributed by atoms with Crippen LogP contribution in [-0.2, 0) is 5.41 Å². The van der Waals surface area contributed by atoms with Gasteiger partial charge in [-0.25, -0.2) is 0 Å². The van der Waals surface area contributed by atoms with Crippen molar-refractivity contribution in [3.05, 3.63) is 42.2 Å². The van der Waals surface area contributed by atoms with Gasteiger partial charge in [0.15, 0.2) is 0 Å². The molecule has 0 amide bonds. The summed E-state index contributed by atoms with van der Waals surface area (Å²) < 4.78 is 0. The smallest absolute Gasteiger partial charge is 0.0346 e. The maximum Gasteiger partial charge on any atom is 0.0346 e. The van der Waals surface area contributed by atoms with Gasteiger partial charge in [0.1, 0.15) is 0 Å². The van der Waals surface area contributed by atoms with Crippen LogP contribution in [0.25, 0.3) is 10.8 Å². The number of rotatable bonds is 5. The molecular weight excluding hydrogens is 232 g/mol. The first-order chi connectivity index (χ1) is 9.00. The van der Waals surface area contributed by atoms with Crippen molar-refractivity contribution >= 4 is 10.8 Å². The van der Waals surface area contributed by atoms with Gasteiger partial charge >= 0.3 is 0 Å². The molecule has 0 fully saturated rings. The maximum atomic E-state index is 4.21. The Morgan fingerprint density at radius 1 is 1.21 bits per heavy atom. The average Bonchev–Trinajstić information content (AvgIpc) is 2.37. The Morgan fingerprint density at radius 3 is 2.74 bits per heavy atom. The van der Waals surface area contributed by atoms with Crippen molar-refractivity contribution in [1.29, 1.82) is 0 Å². The molecule has 0 aliphatic heterocycles. The second-order valence-electron chi connectivity index (χ2n) is 6.15. The molecule has 0 radical (unpaired) electrons. The highest BCUT2D eigenvalue weighted by molar-refractivity contribution is 5.85. The van der Waals surface area contributed by atoms with Gasteiger partial charge in [-0.1, -0.05) is 45.9 Å². The molecule has 0 spiro atoms. The molecule has 102 valence electrons. The molecule has 1 aromatic carbocycles. The molecule has 2 nitrogen and oxygen atoms in total. The van der Waals surface area contributed by atoms with Gasteiger partial charge in [0.2, 0.25) is 0 Å². The largest absolute Gasteiger partial charge is 0.315 e. The number of benzene rings is 1. The first-order valence-electron chi connectivity index (χ1n) is 7.07. The Labute approximate surface area is 116 Å². The third kappa shape index (κ3) is 3.32. The Kier molecular flexibility index (Phi) is 4.20. The lowest BCUT2D eigenvalue weighted by atomic mass is 9.79. The van der Waals surface area contributed by atoms with Crippen molar-refractivity contribution in [3.8, 4) is 0 Å². The summed E-state index contributed by atoms with van der Waals surface area (Å²) in [5.41, 5.74) is 1.58. The molecule has 0 aliphatic rings. The second-order valence-corrected chi connectivity index (χ2v) is 6.15. The fourth-order valence-corrected chi connectivity index (χ4v) is 2.52. The minimum atomic E-state index is 0.169. The predicted octanol–water partition coefficient (Wildman–Crippen LogP) is 3.90. The van der Waals surface area contributed by atoms with E-state index in [0.717, 1.165) is 13.0 Å². The number of nitrogens with one attached hydrogen (secondary N) is 1. The maximum absolute atomic E-state index is 4.21. The molecule has 0 bridgehead atoms. The zero-order valence-electron chi connectivity index (χ0n) is 12.4. The van der Waals surface area contributed by atoms with Crippen molar-refractivity contribution in [3.63, 3.8) is 0 Å². The highest BCUT2D eigenvalue weighted by atomic mass is 14.9. The lowest BCUT2D eigenvalue weighted by Crippen LogP contribution is -2.29. The number of aromatic nitrogens is 1. The van der Waals surface area contributed by atoms with Crippen LogP contribution in [0.1, 0.15) is 39.7 Å². The van der Waals surface area contributed by atoms with Crippen LogP contribution in [0.3, 0.4) is 0 Å². The van der Waals surface area contributed by atoms with Gasteiger partial charge in [0, 0.05) is 23.8 Å². The Balaban J connectivity index is 2.27. The molecule has 2 rings (SSSR count).